The maximum absolute atomic E-state index is 12.8. The van der Waals surface area contributed by atoms with Gasteiger partial charge in [-0.05, 0) is 50.6 Å². The molecule has 0 spiro atoms. The van der Waals surface area contributed by atoms with E-state index in [0.29, 0.717) is 11.4 Å². The van der Waals surface area contributed by atoms with Crippen LogP contribution in [-0.4, -0.2) is 29.9 Å². The van der Waals surface area contributed by atoms with E-state index in [1.807, 2.05) is 20.8 Å². The first-order chi connectivity index (χ1) is 11.2. The number of hydrogen-bond acceptors (Lipinski definition) is 5. The number of pyridine rings is 1. The molecular formula is C18H21NO5. The Morgan fingerprint density at radius 1 is 1.12 bits per heavy atom. The summed E-state index contributed by atoms with van der Waals surface area (Å²) < 4.78 is 11.2. The average Bonchev–Trinajstić information content (AvgIpc) is 2.52. The van der Waals surface area contributed by atoms with Crippen molar-refractivity contribution in [1.82, 2.24) is 4.57 Å². The van der Waals surface area contributed by atoms with E-state index < -0.39 is 22.8 Å². The Balaban J connectivity index is 2.80. The fraction of sp³-hybridized carbons (Fsp3) is 0.333. The van der Waals surface area contributed by atoms with Crippen molar-refractivity contribution in [2.45, 2.75) is 26.3 Å². The van der Waals surface area contributed by atoms with E-state index in [1.54, 1.807) is 31.4 Å². The quantitative estimate of drug-likeness (QED) is 0.875. The van der Waals surface area contributed by atoms with E-state index in [4.69, 9.17) is 4.74 Å². The van der Waals surface area contributed by atoms with Gasteiger partial charge in [0.2, 0.25) is 0 Å². The van der Waals surface area contributed by atoms with Crippen LogP contribution in [0.5, 0.6) is 11.5 Å². The van der Waals surface area contributed by atoms with Crippen molar-refractivity contribution in [2.24, 2.45) is 0 Å². The van der Waals surface area contributed by atoms with Gasteiger partial charge in [0, 0.05) is 11.6 Å². The molecule has 1 aromatic carbocycles. The predicted molar refractivity (Wildman–Crippen MR) is 90.7 cm³/mol. The van der Waals surface area contributed by atoms with Gasteiger partial charge in [0.1, 0.15) is 11.5 Å². The maximum Gasteiger partial charge on any atom is 0.347 e. The summed E-state index contributed by atoms with van der Waals surface area (Å²) in [5.74, 6) is -0.589. The highest BCUT2D eigenvalue weighted by molar-refractivity contribution is 5.92. The summed E-state index contributed by atoms with van der Waals surface area (Å²) >= 11 is 0. The van der Waals surface area contributed by atoms with Crippen LogP contribution in [0.4, 0.5) is 0 Å². The first-order valence-electron chi connectivity index (χ1n) is 7.43. The molecule has 0 bridgehead atoms. The molecule has 1 N–H and O–H groups in total. The second-order valence-corrected chi connectivity index (χ2v) is 6.32. The molecule has 2 aromatic rings. The van der Waals surface area contributed by atoms with Crippen molar-refractivity contribution in [3.8, 4) is 22.8 Å². The molecule has 6 heteroatoms. The number of ether oxygens (including phenoxy) is 2. The molecule has 0 unspecified atom stereocenters. The van der Waals surface area contributed by atoms with Gasteiger partial charge in [-0.3, -0.25) is 4.79 Å². The van der Waals surface area contributed by atoms with Gasteiger partial charge in [-0.2, -0.15) is 0 Å². The van der Waals surface area contributed by atoms with Crippen LogP contribution in [0.2, 0.25) is 0 Å². The second kappa shape index (κ2) is 6.39. The van der Waals surface area contributed by atoms with Crippen molar-refractivity contribution in [2.75, 3.05) is 14.2 Å². The summed E-state index contributed by atoms with van der Waals surface area (Å²) in [5, 5.41) is 10.2. The lowest BCUT2D eigenvalue weighted by Gasteiger charge is -2.27. The number of esters is 1. The lowest BCUT2D eigenvalue weighted by molar-refractivity contribution is 0.0594. The van der Waals surface area contributed by atoms with Crippen LogP contribution in [0.3, 0.4) is 0 Å². The molecule has 0 aliphatic heterocycles. The molecule has 24 heavy (non-hydrogen) atoms. The highest BCUT2D eigenvalue weighted by Crippen LogP contribution is 2.30. The van der Waals surface area contributed by atoms with Crippen LogP contribution >= 0.6 is 0 Å². The Morgan fingerprint density at radius 2 is 1.71 bits per heavy atom. The summed E-state index contributed by atoms with van der Waals surface area (Å²) in [6.07, 6.45) is 0. The lowest BCUT2D eigenvalue weighted by atomic mass is 10.0. The molecule has 0 fully saturated rings. The van der Waals surface area contributed by atoms with Gasteiger partial charge in [-0.25, -0.2) is 4.79 Å². The van der Waals surface area contributed by atoms with E-state index in [2.05, 4.69) is 4.74 Å². The number of nitrogens with zero attached hydrogens (tertiary/aromatic N) is 1. The fourth-order valence-corrected chi connectivity index (χ4v) is 2.53. The first kappa shape index (κ1) is 17.6. The molecular weight excluding hydrogens is 310 g/mol. The van der Waals surface area contributed by atoms with Crippen molar-refractivity contribution in [3.63, 3.8) is 0 Å². The summed E-state index contributed by atoms with van der Waals surface area (Å²) in [6.45, 7) is 5.54. The van der Waals surface area contributed by atoms with E-state index in [-0.39, 0.29) is 5.56 Å². The third kappa shape index (κ3) is 3.13. The topological polar surface area (TPSA) is 77.8 Å². The zero-order valence-corrected chi connectivity index (χ0v) is 14.4. The van der Waals surface area contributed by atoms with Gasteiger partial charge in [-0.1, -0.05) is 0 Å². The number of rotatable bonds is 3. The third-order valence-corrected chi connectivity index (χ3v) is 3.63. The van der Waals surface area contributed by atoms with Gasteiger partial charge < -0.3 is 19.1 Å². The minimum absolute atomic E-state index is 0.371. The van der Waals surface area contributed by atoms with Gasteiger partial charge >= 0.3 is 5.97 Å². The zero-order chi connectivity index (χ0) is 18.1. The lowest BCUT2D eigenvalue weighted by Crippen LogP contribution is -2.38. The third-order valence-electron chi connectivity index (χ3n) is 3.63. The number of hydrogen-bond donors (Lipinski definition) is 1. The summed E-state index contributed by atoms with van der Waals surface area (Å²) in [4.78, 5) is 24.7. The van der Waals surface area contributed by atoms with Crippen molar-refractivity contribution >= 4 is 5.97 Å². The number of aromatic nitrogens is 1. The van der Waals surface area contributed by atoms with Crippen LogP contribution in [0.1, 0.15) is 31.1 Å². The Kier molecular flexibility index (Phi) is 4.68. The maximum atomic E-state index is 12.8. The second-order valence-electron chi connectivity index (χ2n) is 6.32. The Morgan fingerprint density at radius 3 is 2.17 bits per heavy atom. The Hall–Kier alpha value is -2.76. The molecule has 1 aromatic heterocycles. The number of methoxy groups -OCH3 is 2. The molecule has 6 nitrogen and oxygen atoms in total. The smallest absolute Gasteiger partial charge is 0.347 e. The normalized spacial score (nSPS) is 11.2. The standard InChI is InChI=1S/C18H21NO5/c1-18(2,3)19-13(11-6-8-12(23-4)9-7-11)10-14(20)15(16(19)21)17(22)24-5/h6-10,20H,1-5H3. The molecule has 128 valence electrons. The van der Waals surface area contributed by atoms with Gasteiger partial charge in [0.25, 0.3) is 5.56 Å². The minimum atomic E-state index is -0.864. The van der Waals surface area contributed by atoms with Crippen molar-refractivity contribution in [3.05, 3.63) is 46.2 Å². The number of carbonyl (C=O) groups excluding carboxylic acids is 1. The molecule has 0 amide bonds. The van der Waals surface area contributed by atoms with E-state index >= 15 is 0 Å². The number of carbonyl (C=O) groups is 1. The van der Waals surface area contributed by atoms with Crippen LogP contribution in [-0.2, 0) is 10.3 Å². The molecule has 0 aliphatic carbocycles. The number of benzene rings is 1. The van der Waals surface area contributed by atoms with Crippen LogP contribution in [0, 0.1) is 0 Å². The van der Waals surface area contributed by atoms with E-state index in [0.717, 1.165) is 5.56 Å². The molecule has 0 aliphatic rings. The molecule has 0 atom stereocenters. The Labute approximate surface area is 140 Å². The van der Waals surface area contributed by atoms with Gasteiger partial charge in [-0.15, -0.1) is 0 Å². The van der Waals surface area contributed by atoms with Gasteiger partial charge in [0.05, 0.1) is 19.9 Å². The van der Waals surface area contributed by atoms with Crippen LogP contribution in [0.25, 0.3) is 11.3 Å². The first-order valence-corrected chi connectivity index (χ1v) is 7.43. The van der Waals surface area contributed by atoms with E-state index in [1.165, 1.54) is 17.7 Å². The summed E-state index contributed by atoms with van der Waals surface area (Å²) in [5.41, 5.74) is -0.359. The monoisotopic (exact) mass is 331 g/mol. The van der Waals surface area contributed by atoms with Crippen molar-refractivity contribution < 1.29 is 19.4 Å². The molecule has 2 rings (SSSR count). The average molecular weight is 331 g/mol. The SMILES string of the molecule is COC(=O)c1c(O)cc(-c2ccc(OC)cc2)n(C(C)(C)C)c1=O. The predicted octanol–water partition coefficient (Wildman–Crippen LogP) is 2.77. The zero-order valence-electron chi connectivity index (χ0n) is 14.4. The highest BCUT2D eigenvalue weighted by atomic mass is 16.5. The highest BCUT2D eigenvalue weighted by Gasteiger charge is 2.27. The fourth-order valence-electron chi connectivity index (χ4n) is 2.53. The summed E-state index contributed by atoms with van der Waals surface area (Å²) in [6, 6.07) is 8.50. The largest absolute Gasteiger partial charge is 0.507 e. The number of aromatic hydroxyl groups is 1. The molecule has 0 saturated carbocycles. The molecule has 0 saturated heterocycles. The van der Waals surface area contributed by atoms with Gasteiger partial charge in [0.15, 0.2) is 5.56 Å². The van der Waals surface area contributed by atoms with Crippen LogP contribution < -0.4 is 10.3 Å². The van der Waals surface area contributed by atoms with E-state index in [9.17, 15) is 14.7 Å². The molecule has 0 radical (unpaired) electrons. The summed E-state index contributed by atoms with van der Waals surface area (Å²) in [7, 11) is 2.73. The van der Waals surface area contributed by atoms with Crippen molar-refractivity contribution in [1.29, 1.82) is 0 Å². The minimum Gasteiger partial charge on any atom is -0.507 e. The van der Waals surface area contributed by atoms with Crippen LogP contribution in [0.15, 0.2) is 35.1 Å². The molecule has 1 heterocycles. The Bertz CT molecular complexity index is 813.